The van der Waals surface area contributed by atoms with Crippen LogP contribution < -0.4 is 0 Å². The van der Waals surface area contributed by atoms with Gasteiger partial charge in [-0.15, -0.1) is 0 Å². The van der Waals surface area contributed by atoms with E-state index in [-0.39, 0.29) is 0 Å². The maximum atomic E-state index is 4.32. The van der Waals surface area contributed by atoms with Crippen LogP contribution in [-0.2, 0) is 0 Å². The average molecular weight is 324 g/mol. The van der Waals surface area contributed by atoms with E-state index in [1.807, 2.05) is 6.08 Å². The molecule has 1 saturated heterocycles. The quantitative estimate of drug-likeness (QED) is 0.521. The number of hydrogen-bond donors (Lipinski definition) is 0. The van der Waals surface area contributed by atoms with Gasteiger partial charge in [-0.1, -0.05) is 38.0 Å². The van der Waals surface area contributed by atoms with Crippen molar-refractivity contribution >= 4 is 0 Å². The van der Waals surface area contributed by atoms with Gasteiger partial charge in [-0.25, -0.2) is 0 Å². The van der Waals surface area contributed by atoms with Crippen LogP contribution >= 0.6 is 0 Å². The first kappa shape index (κ1) is 20.0. The summed E-state index contributed by atoms with van der Waals surface area (Å²) in [7, 11) is 0. The number of likely N-dealkylation sites (tertiary alicyclic amines) is 1. The van der Waals surface area contributed by atoms with Gasteiger partial charge in [-0.05, 0) is 87.0 Å². The summed E-state index contributed by atoms with van der Waals surface area (Å²) in [5.74, 6) is 0. The third-order valence-corrected chi connectivity index (χ3v) is 4.98. The third-order valence-electron chi connectivity index (χ3n) is 4.98. The Balaban J connectivity index is 3.50. The molecule has 0 N–H and O–H groups in total. The van der Waals surface area contributed by atoms with Gasteiger partial charge < -0.3 is 4.90 Å². The lowest BCUT2D eigenvalue weighted by atomic mass is 9.86. The Bertz CT molecular complexity index is 662. The lowest BCUT2D eigenvalue weighted by Crippen LogP contribution is -2.31. The fourth-order valence-corrected chi connectivity index (χ4v) is 3.23. The molecule has 0 bridgehead atoms. The standard InChI is InChI=1S/C23H33N/c1-10-12-19(7)23(17(5)11-2)21(9)20(8)22-15-24(16(3)4)14-13-18(22)6/h10-12H,1,3,6,13-15H2,2,4-5,7-9H3/b17-11-,19-12-,22-20+,23-21+. The summed E-state index contributed by atoms with van der Waals surface area (Å²) in [6.45, 7) is 27.1. The Hall–Kier alpha value is -2.02. The van der Waals surface area contributed by atoms with Crippen LogP contribution in [0.5, 0.6) is 0 Å². The van der Waals surface area contributed by atoms with Gasteiger partial charge in [-0.2, -0.15) is 0 Å². The summed E-state index contributed by atoms with van der Waals surface area (Å²) >= 11 is 0. The van der Waals surface area contributed by atoms with Crippen molar-refractivity contribution in [3.8, 4) is 0 Å². The Morgan fingerprint density at radius 1 is 1.08 bits per heavy atom. The second-order valence-electron chi connectivity index (χ2n) is 6.67. The summed E-state index contributed by atoms with van der Waals surface area (Å²) < 4.78 is 0. The van der Waals surface area contributed by atoms with Gasteiger partial charge in [0, 0.05) is 18.8 Å². The zero-order valence-corrected chi connectivity index (χ0v) is 16.4. The summed E-state index contributed by atoms with van der Waals surface area (Å²) in [6.07, 6.45) is 7.12. The van der Waals surface area contributed by atoms with Crippen LogP contribution in [0.4, 0.5) is 0 Å². The van der Waals surface area contributed by atoms with Crippen LogP contribution in [0.2, 0.25) is 0 Å². The van der Waals surface area contributed by atoms with Crippen molar-refractivity contribution in [1.29, 1.82) is 0 Å². The molecule has 0 aromatic rings. The highest BCUT2D eigenvalue weighted by Crippen LogP contribution is 2.33. The molecule has 0 aromatic heterocycles. The molecule has 0 spiro atoms. The van der Waals surface area contributed by atoms with E-state index >= 15 is 0 Å². The number of hydrogen-bond acceptors (Lipinski definition) is 1. The van der Waals surface area contributed by atoms with Crippen LogP contribution in [0.25, 0.3) is 0 Å². The molecule has 0 aromatic carbocycles. The smallest absolute Gasteiger partial charge is 0.0431 e. The summed E-state index contributed by atoms with van der Waals surface area (Å²) in [4.78, 5) is 2.34. The minimum absolute atomic E-state index is 0.906. The monoisotopic (exact) mass is 323 g/mol. The lowest BCUT2D eigenvalue weighted by molar-refractivity contribution is 0.358. The molecule has 130 valence electrons. The summed E-state index contributed by atoms with van der Waals surface area (Å²) in [5.41, 5.74) is 10.2. The molecule has 0 aliphatic carbocycles. The van der Waals surface area contributed by atoms with E-state index in [0.29, 0.717) is 0 Å². The van der Waals surface area contributed by atoms with Crippen LogP contribution in [0, 0.1) is 0 Å². The van der Waals surface area contributed by atoms with Crippen molar-refractivity contribution in [2.45, 2.75) is 48.0 Å². The maximum absolute atomic E-state index is 4.32. The Morgan fingerprint density at radius 3 is 2.21 bits per heavy atom. The predicted molar refractivity (Wildman–Crippen MR) is 109 cm³/mol. The van der Waals surface area contributed by atoms with Gasteiger partial charge in [0.15, 0.2) is 0 Å². The highest BCUT2D eigenvalue weighted by atomic mass is 15.1. The topological polar surface area (TPSA) is 3.24 Å². The summed E-state index contributed by atoms with van der Waals surface area (Å²) in [5, 5.41) is 0. The maximum Gasteiger partial charge on any atom is 0.0431 e. The molecule has 0 radical (unpaired) electrons. The van der Waals surface area contributed by atoms with Crippen LogP contribution in [0.3, 0.4) is 0 Å². The largest absolute Gasteiger partial charge is 0.371 e. The van der Waals surface area contributed by atoms with Crippen molar-refractivity contribution < 1.29 is 0 Å². The van der Waals surface area contributed by atoms with Gasteiger partial charge >= 0.3 is 0 Å². The van der Waals surface area contributed by atoms with Gasteiger partial charge in [-0.3, -0.25) is 0 Å². The van der Waals surface area contributed by atoms with Crippen LogP contribution in [0.1, 0.15) is 48.0 Å². The zero-order valence-electron chi connectivity index (χ0n) is 16.4. The van der Waals surface area contributed by atoms with Crippen molar-refractivity contribution in [2.24, 2.45) is 0 Å². The SMILES string of the molecule is C=C\C=C(C)/C(C(/C)=C\C)=C(C)/C(C)=C1\CN(C(=C)C)CCC1=C. The molecule has 1 aliphatic rings. The molecule has 24 heavy (non-hydrogen) atoms. The van der Waals surface area contributed by atoms with E-state index in [4.69, 9.17) is 0 Å². The summed E-state index contributed by atoms with van der Waals surface area (Å²) in [6, 6.07) is 0. The van der Waals surface area contributed by atoms with E-state index in [1.165, 1.54) is 39.0 Å². The van der Waals surface area contributed by atoms with E-state index in [9.17, 15) is 0 Å². The highest BCUT2D eigenvalue weighted by Gasteiger charge is 2.20. The minimum atomic E-state index is 0.906. The first-order valence-corrected chi connectivity index (χ1v) is 8.67. The second kappa shape index (κ2) is 8.73. The molecular weight excluding hydrogens is 290 g/mol. The fraction of sp³-hybridized carbons (Fsp3) is 0.391. The molecule has 0 unspecified atom stereocenters. The van der Waals surface area contributed by atoms with Crippen molar-refractivity contribution in [3.05, 3.63) is 82.7 Å². The normalized spacial score (nSPS) is 19.9. The van der Waals surface area contributed by atoms with Gasteiger partial charge in [0.2, 0.25) is 0 Å². The molecule has 1 heteroatoms. The van der Waals surface area contributed by atoms with Crippen LogP contribution in [0.15, 0.2) is 82.7 Å². The minimum Gasteiger partial charge on any atom is -0.371 e. The Labute approximate surface area is 149 Å². The highest BCUT2D eigenvalue weighted by molar-refractivity contribution is 5.56. The van der Waals surface area contributed by atoms with Crippen molar-refractivity contribution in [1.82, 2.24) is 4.90 Å². The first-order chi connectivity index (χ1) is 11.2. The van der Waals surface area contributed by atoms with Crippen molar-refractivity contribution in [3.63, 3.8) is 0 Å². The Morgan fingerprint density at radius 2 is 1.71 bits per heavy atom. The van der Waals surface area contributed by atoms with Crippen LogP contribution in [-0.4, -0.2) is 18.0 Å². The van der Waals surface area contributed by atoms with Gasteiger partial charge in [0.05, 0.1) is 0 Å². The molecular formula is C23H33N. The number of nitrogens with zero attached hydrogens (tertiary/aromatic N) is 1. The van der Waals surface area contributed by atoms with Gasteiger partial charge in [0.25, 0.3) is 0 Å². The molecule has 1 nitrogen and oxygen atoms in total. The van der Waals surface area contributed by atoms with E-state index in [0.717, 1.165) is 25.2 Å². The average Bonchev–Trinajstić information content (AvgIpc) is 2.54. The Kier molecular flexibility index (Phi) is 7.28. The fourth-order valence-electron chi connectivity index (χ4n) is 3.23. The van der Waals surface area contributed by atoms with E-state index in [2.05, 4.69) is 78.3 Å². The van der Waals surface area contributed by atoms with Gasteiger partial charge in [0.1, 0.15) is 0 Å². The molecule has 1 aliphatic heterocycles. The van der Waals surface area contributed by atoms with E-state index < -0.39 is 0 Å². The van der Waals surface area contributed by atoms with E-state index in [1.54, 1.807) is 0 Å². The molecule has 1 heterocycles. The molecule has 0 amide bonds. The number of piperidine rings is 1. The van der Waals surface area contributed by atoms with Crippen molar-refractivity contribution in [2.75, 3.05) is 13.1 Å². The molecule has 1 rings (SSSR count). The zero-order chi connectivity index (χ0) is 18.4. The first-order valence-electron chi connectivity index (χ1n) is 8.67. The third kappa shape index (κ3) is 4.50. The molecule has 0 atom stereocenters. The number of allylic oxidation sites excluding steroid dienone is 9. The second-order valence-corrected chi connectivity index (χ2v) is 6.67. The number of rotatable bonds is 5. The molecule has 1 fully saturated rings. The molecule has 0 saturated carbocycles. The predicted octanol–water partition coefficient (Wildman–Crippen LogP) is 6.51. The lowest BCUT2D eigenvalue weighted by Gasteiger charge is -2.33.